The van der Waals surface area contributed by atoms with Crippen LogP contribution in [-0.4, -0.2) is 22.5 Å². The molecule has 0 spiro atoms. The van der Waals surface area contributed by atoms with Gasteiger partial charge < -0.3 is 21.5 Å². The molecule has 33 heavy (non-hydrogen) atoms. The molecule has 0 saturated heterocycles. The lowest BCUT2D eigenvalue weighted by Crippen LogP contribution is -2.37. The number of aryl methyl sites for hydroxylation is 1. The Morgan fingerprint density at radius 3 is 2.58 bits per heavy atom. The van der Waals surface area contributed by atoms with E-state index in [1.165, 1.54) is 0 Å². The van der Waals surface area contributed by atoms with E-state index in [2.05, 4.69) is 15.6 Å². The number of nitrogens with one attached hydrogen (secondary N) is 2. The van der Waals surface area contributed by atoms with Gasteiger partial charge in [0.1, 0.15) is 0 Å². The number of amides is 1. The van der Waals surface area contributed by atoms with Crippen LogP contribution in [0.5, 0.6) is 0 Å². The van der Waals surface area contributed by atoms with E-state index >= 15 is 0 Å². The van der Waals surface area contributed by atoms with Gasteiger partial charge in [-0.15, -0.1) is 0 Å². The second kappa shape index (κ2) is 10.0. The number of aliphatic hydroxyl groups is 1. The number of hydrogen-bond acceptors (Lipinski definition) is 5. The molecule has 1 unspecified atom stereocenters. The minimum Gasteiger partial charge on any atom is -0.397 e. The highest BCUT2D eigenvalue weighted by atomic mass is 16.3. The van der Waals surface area contributed by atoms with E-state index in [1.54, 1.807) is 18.5 Å². The summed E-state index contributed by atoms with van der Waals surface area (Å²) in [6.45, 7) is 10.6. The molecule has 5 N–H and O–H groups in total. The van der Waals surface area contributed by atoms with E-state index in [1.807, 2.05) is 71.0 Å². The highest BCUT2D eigenvalue weighted by Gasteiger charge is 2.40. The first kappa shape index (κ1) is 24.3. The smallest absolute Gasteiger partial charge is 0.231 e. The van der Waals surface area contributed by atoms with Gasteiger partial charge in [-0.25, -0.2) is 0 Å². The molecule has 1 aromatic heterocycles. The second-order valence-electron chi connectivity index (χ2n) is 8.97. The number of aliphatic hydroxyl groups excluding tert-OH is 1. The van der Waals surface area contributed by atoms with Crippen LogP contribution in [0.4, 0.5) is 17.1 Å². The number of nitrogens with two attached hydrogens (primary N) is 1. The third kappa shape index (κ3) is 5.01. The Balaban J connectivity index is 2.15. The number of hydrogen-bond donors (Lipinski definition) is 4. The lowest BCUT2D eigenvalue weighted by Gasteiger charge is -2.35. The molecule has 174 valence electrons. The van der Waals surface area contributed by atoms with E-state index in [9.17, 15) is 9.90 Å². The minimum absolute atomic E-state index is 0.0603. The van der Waals surface area contributed by atoms with Gasteiger partial charge in [-0.3, -0.25) is 9.78 Å². The van der Waals surface area contributed by atoms with Crippen molar-refractivity contribution in [2.75, 3.05) is 22.9 Å². The molecular weight excluding hydrogens is 412 g/mol. The normalized spacial score (nSPS) is 12.3. The second-order valence-corrected chi connectivity index (χ2v) is 8.97. The first-order valence-electron chi connectivity index (χ1n) is 11.2. The molecule has 0 radical (unpaired) electrons. The zero-order valence-corrected chi connectivity index (χ0v) is 20.1. The number of benzene rings is 2. The zero-order chi connectivity index (χ0) is 24.2. The summed E-state index contributed by atoms with van der Waals surface area (Å²) in [7, 11) is 0. The fraction of sp³-hybridized carbons (Fsp3) is 0.333. The van der Waals surface area contributed by atoms with Crippen molar-refractivity contribution in [3.8, 4) is 0 Å². The van der Waals surface area contributed by atoms with Gasteiger partial charge in [-0.1, -0.05) is 38.1 Å². The largest absolute Gasteiger partial charge is 0.397 e. The molecule has 3 aromatic rings. The van der Waals surface area contributed by atoms with Crippen LogP contribution in [-0.2, 0) is 11.4 Å². The van der Waals surface area contributed by atoms with Gasteiger partial charge in [0.15, 0.2) is 0 Å². The summed E-state index contributed by atoms with van der Waals surface area (Å²) in [6, 6.07) is 13.7. The average Bonchev–Trinajstić information content (AvgIpc) is 2.80. The van der Waals surface area contributed by atoms with Crippen LogP contribution in [0.15, 0.2) is 54.9 Å². The van der Waals surface area contributed by atoms with Crippen LogP contribution >= 0.6 is 0 Å². The van der Waals surface area contributed by atoms with Crippen molar-refractivity contribution >= 4 is 23.0 Å². The molecule has 1 heterocycles. The maximum absolute atomic E-state index is 13.6. The summed E-state index contributed by atoms with van der Waals surface area (Å²) < 4.78 is 0. The fourth-order valence-corrected chi connectivity index (χ4v) is 4.29. The molecule has 1 atom stereocenters. The molecule has 0 aliphatic heterocycles. The SMILES string of the molecule is CCNc1ccc(C(c2ccc(C)c(CO)c2)C(C)(C)C(=O)Nc2cccnc2)c(C)c1N. The monoisotopic (exact) mass is 446 g/mol. The van der Waals surface area contributed by atoms with Crippen molar-refractivity contribution in [2.24, 2.45) is 5.41 Å². The summed E-state index contributed by atoms with van der Waals surface area (Å²) >= 11 is 0. The Morgan fingerprint density at radius 1 is 1.18 bits per heavy atom. The molecular formula is C27H34N4O2. The van der Waals surface area contributed by atoms with Crippen molar-refractivity contribution in [3.05, 3.63) is 82.7 Å². The van der Waals surface area contributed by atoms with Gasteiger partial charge >= 0.3 is 0 Å². The summed E-state index contributed by atoms with van der Waals surface area (Å²) in [5.41, 5.74) is 12.6. The Kier molecular flexibility index (Phi) is 7.39. The maximum atomic E-state index is 13.6. The van der Waals surface area contributed by atoms with Crippen molar-refractivity contribution < 1.29 is 9.90 Å². The molecule has 1 amide bonds. The number of pyridine rings is 1. The van der Waals surface area contributed by atoms with Crippen LogP contribution in [0.1, 0.15) is 54.5 Å². The Bertz CT molecular complexity index is 1130. The molecule has 6 nitrogen and oxygen atoms in total. The highest BCUT2D eigenvalue weighted by Crippen LogP contribution is 2.45. The number of nitrogens with zero attached hydrogens (tertiary/aromatic N) is 1. The quantitative estimate of drug-likeness (QED) is 0.365. The van der Waals surface area contributed by atoms with Crippen molar-refractivity contribution in [1.82, 2.24) is 4.98 Å². The van der Waals surface area contributed by atoms with Crippen molar-refractivity contribution in [2.45, 2.75) is 47.1 Å². The lowest BCUT2D eigenvalue weighted by atomic mass is 9.69. The van der Waals surface area contributed by atoms with E-state index in [4.69, 9.17) is 5.73 Å². The highest BCUT2D eigenvalue weighted by molar-refractivity contribution is 5.96. The molecule has 0 aliphatic carbocycles. The summed E-state index contributed by atoms with van der Waals surface area (Å²) in [4.78, 5) is 17.7. The first-order valence-corrected chi connectivity index (χ1v) is 11.2. The van der Waals surface area contributed by atoms with E-state index < -0.39 is 5.41 Å². The van der Waals surface area contributed by atoms with Crippen molar-refractivity contribution in [3.63, 3.8) is 0 Å². The van der Waals surface area contributed by atoms with Crippen LogP contribution in [0.25, 0.3) is 0 Å². The van der Waals surface area contributed by atoms with Crippen LogP contribution in [0.2, 0.25) is 0 Å². The summed E-state index contributed by atoms with van der Waals surface area (Å²) in [6.07, 6.45) is 3.30. The van der Waals surface area contributed by atoms with Gasteiger partial charge in [0.2, 0.25) is 5.91 Å². The number of carbonyl (C=O) groups is 1. The minimum atomic E-state index is -0.839. The topological polar surface area (TPSA) is 100 Å². The third-order valence-electron chi connectivity index (χ3n) is 6.34. The Labute approximate surface area is 196 Å². The molecule has 3 rings (SSSR count). The molecule has 0 saturated carbocycles. The molecule has 0 bridgehead atoms. The number of carbonyl (C=O) groups excluding carboxylic acids is 1. The van der Waals surface area contributed by atoms with E-state index in [0.717, 1.165) is 40.0 Å². The Hall–Kier alpha value is -3.38. The van der Waals surface area contributed by atoms with E-state index in [-0.39, 0.29) is 18.4 Å². The number of anilines is 3. The average molecular weight is 447 g/mol. The fourth-order valence-electron chi connectivity index (χ4n) is 4.29. The van der Waals surface area contributed by atoms with Crippen LogP contribution in [0.3, 0.4) is 0 Å². The first-order chi connectivity index (χ1) is 15.7. The lowest BCUT2D eigenvalue weighted by molar-refractivity contribution is -0.124. The summed E-state index contributed by atoms with van der Waals surface area (Å²) in [5, 5.41) is 16.2. The van der Waals surface area contributed by atoms with Gasteiger partial charge in [-0.05, 0) is 66.8 Å². The molecule has 2 aromatic carbocycles. The van der Waals surface area contributed by atoms with Crippen molar-refractivity contribution in [1.29, 1.82) is 0 Å². The van der Waals surface area contributed by atoms with Gasteiger partial charge in [0, 0.05) is 18.7 Å². The zero-order valence-electron chi connectivity index (χ0n) is 20.1. The predicted molar refractivity (Wildman–Crippen MR) is 135 cm³/mol. The van der Waals surface area contributed by atoms with Gasteiger partial charge in [0.25, 0.3) is 0 Å². The maximum Gasteiger partial charge on any atom is 0.231 e. The molecule has 6 heteroatoms. The predicted octanol–water partition coefficient (Wildman–Crippen LogP) is 5.00. The standard InChI is InChI=1S/C27H34N4O2/c1-6-30-23-12-11-22(18(3)25(23)28)24(19-10-9-17(2)20(14-19)16-32)27(4,5)26(33)31-21-8-7-13-29-15-21/h7-15,24,30,32H,6,16,28H2,1-5H3,(H,31,33). The van der Waals surface area contributed by atoms with Crippen LogP contribution < -0.4 is 16.4 Å². The van der Waals surface area contributed by atoms with Crippen LogP contribution in [0, 0.1) is 19.3 Å². The number of rotatable bonds is 8. The van der Waals surface area contributed by atoms with E-state index in [0.29, 0.717) is 11.4 Å². The third-order valence-corrected chi connectivity index (χ3v) is 6.34. The number of nitrogen functional groups attached to an aromatic ring is 1. The summed E-state index contributed by atoms with van der Waals surface area (Å²) in [5.74, 6) is -0.418. The molecule has 0 aliphatic rings. The molecule has 0 fully saturated rings. The number of aromatic nitrogens is 1. The van der Waals surface area contributed by atoms with Gasteiger partial charge in [0.05, 0.1) is 35.3 Å². The Morgan fingerprint density at radius 2 is 1.94 bits per heavy atom. The van der Waals surface area contributed by atoms with Gasteiger partial charge in [-0.2, -0.15) is 0 Å².